The largest absolute Gasteiger partial charge is 0.348 e. The molecule has 0 saturated heterocycles. The highest BCUT2D eigenvalue weighted by Gasteiger charge is 2.08. The Labute approximate surface area is 145 Å². The van der Waals surface area contributed by atoms with Crippen LogP contribution in [-0.4, -0.2) is 17.1 Å². The molecule has 0 amide bonds. The van der Waals surface area contributed by atoms with Gasteiger partial charge in [0.25, 0.3) is 0 Å². The van der Waals surface area contributed by atoms with Crippen LogP contribution < -0.4 is 5.32 Å². The predicted molar refractivity (Wildman–Crippen MR) is 104 cm³/mol. The number of para-hydroxylation sites is 1. The van der Waals surface area contributed by atoms with Crippen LogP contribution in [0.4, 0.5) is 5.69 Å². The van der Waals surface area contributed by atoms with Gasteiger partial charge in [-0.25, -0.2) is 0 Å². The molecule has 2 rings (SSSR count). The van der Waals surface area contributed by atoms with E-state index < -0.39 is 0 Å². The van der Waals surface area contributed by atoms with E-state index in [0.29, 0.717) is 5.92 Å². The van der Waals surface area contributed by atoms with Crippen molar-refractivity contribution in [2.24, 2.45) is 0 Å². The Morgan fingerprint density at radius 1 is 1.09 bits per heavy atom. The minimum Gasteiger partial charge on any atom is -0.348 e. The van der Waals surface area contributed by atoms with Crippen molar-refractivity contribution in [2.45, 2.75) is 39.7 Å². The monoisotopic (exact) mass is 326 g/mol. The predicted octanol–water partition coefficient (Wildman–Crippen LogP) is 5.20. The van der Waals surface area contributed by atoms with Crippen molar-refractivity contribution in [2.75, 3.05) is 12.4 Å². The zero-order chi connectivity index (χ0) is 16.8. The maximum absolute atomic E-state index is 5.55. The molecule has 0 unspecified atom stereocenters. The van der Waals surface area contributed by atoms with Crippen molar-refractivity contribution < 1.29 is 0 Å². The van der Waals surface area contributed by atoms with Gasteiger partial charge in [0.15, 0.2) is 5.11 Å². The fourth-order valence-electron chi connectivity index (χ4n) is 2.51. The summed E-state index contributed by atoms with van der Waals surface area (Å²) >= 11 is 5.55. The van der Waals surface area contributed by atoms with Gasteiger partial charge in [0.2, 0.25) is 0 Å². The third-order valence-corrected chi connectivity index (χ3v) is 4.47. The van der Waals surface area contributed by atoms with Crippen molar-refractivity contribution in [1.82, 2.24) is 4.90 Å². The second kappa shape index (κ2) is 8.11. The van der Waals surface area contributed by atoms with Gasteiger partial charge in [-0.05, 0) is 47.3 Å². The molecule has 0 aliphatic heterocycles. The molecule has 0 heterocycles. The van der Waals surface area contributed by atoms with E-state index in [0.717, 1.165) is 23.8 Å². The van der Waals surface area contributed by atoms with Crippen molar-refractivity contribution in [3.63, 3.8) is 0 Å². The van der Waals surface area contributed by atoms with E-state index in [9.17, 15) is 0 Å². The number of rotatable bonds is 5. The normalized spacial score (nSPS) is 10.7. The first-order chi connectivity index (χ1) is 11.0. The Bertz CT molecular complexity index is 647. The maximum Gasteiger partial charge on any atom is 0.173 e. The second-order valence-electron chi connectivity index (χ2n) is 6.19. The van der Waals surface area contributed by atoms with Crippen LogP contribution >= 0.6 is 12.2 Å². The first-order valence-corrected chi connectivity index (χ1v) is 8.61. The van der Waals surface area contributed by atoms with E-state index in [1.807, 2.05) is 13.1 Å². The van der Waals surface area contributed by atoms with Gasteiger partial charge < -0.3 is 10.2 Å². The van der Waals surface area contributed by atoms with E-state index in [1.54, 1.807) is 0 Å². The molecule has 0 fully saturated rings. The summed E-state index contributed by atoms with van der Waals surface area (Å²) in [6, 6.07) is 17.1. The smallest absolute Gasteiger partial charge is 0.173 e. The second-order valence-corrected chi connectivity index (χ2v) is 6.58. The van der Waals surface area contributed by atoms with E-state index in [2.05, 4.69) is 73.5 Å². The van der Waals surface area contributed by atoms with Crippen molar-refractivity contribution in [3.8, 4) is 0 Å². The summed E-state index contributed by atoms with van der Waals surface area (Å²) in [6.45, 7) is 7.39. The first-order valence-electron chi connectivity index (χ1n) is 8.20. The lowest BCUT2D eigenvalue weighted by molar-refractivity contribution is 0.508. The van der Waals surface area contributed by atoms with Crippen LogP contribution in [0.3, 0.4) is 0 Å². The first kappa shape index (κ1) is 17.5. The summed E-state index contributed by atoms with van der Waals surface area (Å²) in [5.41, 5.74) is 5.02. The van der Waals surface area contributed by atoms with E-state index in [-0.39, 0.29) is 0 Å². The third-order valence-electron chi connectivity index (χ3n) is 4.05. The number of hydrogen-bond donors (Lipinski definition) is 1. The molecule has 2 aromatic carbocycles. The van der Waals surface area contributed by atoms with Gasteiger partial charge in [0, 0.05) is 19.3 Å². The number of benzene rings is 2. The van der Waals surface area contributed by atoms with Crippen LogP contribution in [-0.2, 0) is 13.0 Å². The van der Waals surface area contributed by atoms with E-state index in [4.69, 9.17) is 12.2 Å². The molecule has 23 heavy (non-hydrogen) atoms. The van der Waals surface area contributed by atoms with Crippen molar-refractivity contribution in [1.29, 1.82) is 0 Å². The molecule has 0 saturated carbocycles. The van der Waals surface area contributed by atoms with Crippen LogP contribution in [0.25, 0.3) is 0 Å². The Hall–Kier alpha value is -1.87. The minimum absolute atomic E-state index is 0.565. The Balaban J connectivity index is 1.99. The molecule has 0 bridgehead atoms. The highest BCUT2D eigenvalue weighted by molar-refractivity contribution is 7.80. The summed E-state index contributed by atoms with van der Waals surface area (Å²) in [5, 5.41) is 4.12. The molecule has 0 aliphatic carbocycles. The van der Waals surface area contributed by atoms with Crippen LogP contribution in [0.15, 0.2) is 48.5 Å². The summed E-state index contributed by atoms with van der Waals surface area (Å²) < 4.78 is 0. The maximum atomic E-state index is 5.55. The summed E-state index contributed by atoms with van der Waals surface area (Å²) in [6.07, 6.45) is 0.992. The number of nitrogens with one attached hydrogen (secondary N) is 1. The molecule has 2 aromatic rings. The summed E-state index contributed by atoms with van der Waals surface area (Å²) in [5.74, 6) is 0.565. The van der Waals surface area contributed by atoms with Crippen molar-refractivity contribution in [3.05, 3.63) is 65.2 Å². The Kier molecular flexibility index (Phi) is 6.17. The molecule has 1 N–H and O–H groups in total. The summed E-state index contributed by atoms with van der Waals surface area (Å²) in [7, 11) is 2.03. The SMILES string of the molecule is CCc1ccccc1NC(=S)N(C)Cc1ccc(C(C)C)cc1. The minimum atomic E-state index is 0.565. The average Bonchev–Trinajstić information content (AvgIpc) is 2.55. The highest BCUT2D eigenvalue weighted by atomic mass is 32.1. The van der Waals surface area contributed by atoms with Gasteiger partial charge >= 0.3 is 0 Å². The Morgan fingerprint density at radius 3 is 2.35 bits per heavy atom. The Morgan fingerprint density at radius 2 is 1.74 bits per heavy atom. The van der Waals surface area contributed by atoms with Crippen LogP contribution in [0, 0.1) is 0 Å². The average molecular weight is 327 g/mol. The van der Waals surface area contributed by atoms with Gasteiger partial charge in [0.1, 0.15) is 0 Å². The summed E-state index contributed by atoms with van der Waals surface area (Å²) in [4.78, 5) is 2.08. The third kappa shape index (κ3) is 4.80. The van der Waals surface area contributed by atoms with Gasteiger partial charge in [-0.1, -0.05) is 63.2 Å². The molecule has 0 aliphatic rings. The number of nitrogens with zero attached hydrogens (tertiary/aromatic N) is 1. The van der Waals surface area contributed by atoms with Gasteiger partial charge in [-0.3, -0.25) is 0 Å². The molecule has 122 valence electrons. The molecule has 0 aromatic heterocycles. The van der Waals surface area contributed by atoms with Crippen LogP contribution in [0.5, 0.6) is 0 Å². The lowest BCUT2D eigenvalue weighted by Crippen LogP contribution is -2.30. The number of aryl methyl sites for hydroxylation is 1. The number of anilines is 1. The number of hydrogen-bond acceptors (Lipinski definition) is 1. The number of thiocarbonyl (C=S) groups is 1. The molecule has 0 radical (unpaired) electrons. The molecular formula is C20H26N2S. The zero-order valence-electron chi connectivity index (χ0n) is 14.5. The quantitative estimate of drug-likeness (QED) is 0.760. The van der Waals surface area contributed by atoms with Gasteiger partial charge in [0.05, 0.1) is 0 Å². The van der Waals surface area contributed by atoms with E-state index >= 15 is 0 Å². The molecule has 0 spiro atoms. The zero-order valence-corrected chi connectivity index (χ0v) is 15.3. The van der Waals surface area contributed by atoms with Crippen LogP contribution in [0.2, 0.25) is 0 Å². The molecule has 3 heteroatoms. The van der Waals surface area contributed by atoms with Gasteiger partial charge in [-0.15, -0.1) is 0 Å². The van der Waals surface area contributed by atoms with Crippen LogP contribution in [0.1, 0.15) is 43.4 Å². The highest BCUT2D eigenvalue weighted by Crippen LogP contribution is 2.18. The molecular weight excluding hydrogens is 300 g/mol. The van der Waals surface area contributed by atoms with E-state index in [1.165, 1.54) is 16.7 Å². The lowest BCUT2D eigenvalue weighted by atomic mass is 10.0. The standard InChI is InChI=1S/C20H26N2S/c1-5-17-8-6-7-9-19(17)21-20(23)22(4)14-16-10-12-18(13-11-16)15(2)3/h6-13,15H,5,14H2,1-4H3,(H,21,23). The van der Waals surface area contributed by atoms with Gasteiger partial charge in [-0.2, -0.15) is 0 Å². The molecule has 0 atom stereocenters. The lowest BCUT2D eigenvalue weighted by Gasteiger charge is -2.22. The fraction of sp³-hybridized carbons (Fsp3) is 0.350. The fourth-order valence-corrected chi connectivity index (χ4v) is 2.69. The molecule has 2 nitrogen and oxygen atoms in total. The van der Waals surface area contributed by atoms with Crippen molar-refractivity contribution >= 4 is 23.0 Å². The topological polar surface area (TPSA) is 15.3 Å².